The molecule has 5 aliphatic rings. The summed E-state index contributed by atoms with van der Waals surface area (Å²) in [6, 6.07) is 44.3. The standard InChI is InChI=1S/C65H65BN2S/c1-60(2,3)36-22-24-37(25-23-36)68-50-34-47-45(62(6,7)27-29-64(47,10)11)31-42(50)56-57-54(39-19-14-16-20-43(39)65(57,12)13)55-41-30-44-46(63(8,9)28-26-61(44,4)5)33-49(41)67-51-35-53-40(38-18-15-17-21-52(38)69-53)32-48(51)66(68)58(56)59(55)67/h14-25,30-35H,26-29H2,1-13H3. The average molecular weight is 917 g/mol. The highest BCUT2D eigenvalue weighted by Gasteiger charge is 2.52. The van der Waals surface area contributed by atoms with Crippen molar-refractivity contribution in [3.63, 3.8) is 0 Å². The van der Waals surface area contributed by atoms with Crippen LogP contribution >= 0.6 is 11.3 Å². The van der Waals surface area contributed by atoms with E-state index in [1.165, 1.54) is 157 Å². The van der Waals surface area contributed by atoms with E-state index in [-0.39, 0.29) is 39.3 Å². The van der Waals surface area contributed by atoms with Crippen molar-refractivity contribution in [1.82, 2.24) is 4.57 Å². The third-order valence-electron chi connectivity index (χ3n) is 18.8. The van der Waals surface area contributed by atoms with Gasteiger partial charge in [-0.1, -0.05) is 151 Å². The van der Waals surface area contributed by atoms with E-state index < -0.39 is 0 Å². The minimum atomic E-state index is -0.243. The molecule has 0 saturated carbocycles. The minimum Gasteiger partial charge on any atom is -0.376 e. The first-order chi connectivity index (χ1) is 32.6. The summed E-state index contributed by atoms with van der Waals surface area (Å²) in [6.45, 7) is 32.0. The Hall–Kier alpha value is -5.58. The summed E-state index contributed by atoms with van der Waals surface area (Å²) in [4.78, 5) is 2.82. The first-order valence-electron chi connectivity index (χ1n) is 26.0. The van der Waals surface area contributed by atoms with Crippen LogP contribution in [-0.2, 0) is 32.5 Å². The molecule has 2 nitrogen and oxygen atoms in total. The number of benzene rings is 7. The van der Waals surface area contributed by atoms with Crippen molar-refractivity contribution in [2.45, 2.75) is 148 Å². The second kappa shape index (κ2) is 13.0. The second-order valence-corrected chi connectivity index (χ2v) is 27.3. The Kier molecular flexibility index (Phi) is 7.99. The number of fused-ring (bicyclic) bond motifs is 18. The van der Waals surface area contributed by atoms with Gasteiger partial charge in [-0.2, -0.15) is 0 Å². The number of hydrogen-bond donors (Lipinski definition) is 0. The molecule has 2 aliphatic heterocycles. The Morgan fingerprint density at radius 3 is 1.81 bits per heavy atom. The van der Waals surface area contributed by atoms with Crippen LogP contribution in [0.1, 0.15) is 155 Å². The van der Waals surface area contributed by atoms with E-state index in [9.17, 15) is 0 Å². The molecule has 7 aromatic carbocycles. The van der Waals surface area contributed by atoms with Gasteiger partial charge in [-0.3, -0.25) is 0 Å². The van der Waals surface area contributed by atoms with Crippen LogP contribution in [0.2, 0.25) is 0 Å². The summed E-state index contributed by atoms with van der Waals surface area (Å²) >= 11 is 1.95. The van der Waals surface area contributed by atoms with Gasteiger partial charge in [-0.15, -0.1) is 11.3 Å². The lowest BCUT2D eigenvalue weighted by Gasteiger charge is -2.47. The first-order valence-corrected chi connectivity index (χ1v) is 26.8. The fourth-order valence-electron chi connectivity index (χ4n) is 14.6. The van der Waals surface area contributed by atoms with Crippen LogP contribution < -0.4 is 15.7 Å². The number of anilines is 2. The highest BCUT2D eigenvalue weighted by Crippen LogP contribution is 2.61. The topological polar surface area (TPSA) is 8.17 Å². The van der Waals surface area contributed by atoms with Crippen LogP contribution in [0.15, 0.2) is 109 Å². The molecule has 4 heterocycles. The molecule has 0 fully saturated rings. The molecule has 0 atom stereocenters. The fourth-order valence-corrected chi connectivity index (χ4v) is 15.7. The summed E-state index contributed by atoms with van der Waals surface area (Å²) in [5, 5.41) is 5.57. The van der Waals surface area contributed by atoms with E-state index in [0.717, 1.165) is 0 Å². The number of aromatic nitrogens is 1. The molecule has 14 rings (SSSR count). The highest BCUT2D eigenvalue weighted by molar-refractivity contribution is 7.26. The van der Waals surface area contributed by atoms with E-state index in [4.69, 9.17) is 0 Å². The second-order valence-electron chi connectivity index (χ2n) is 26.2. The summed E-state index contributed by atoms with van der Waals surface area (Å²) in [5.74, 6) is 0. The lowest BCUT2D eigenvalue weighted by molar-refractivity contribution is 0.332. The van der Waals surface area contributed by atoms with Crippen LogP contribution in [0.4, 0.5) is 11.4 Å². The predicted molar refractivity (Wildman–Crippen MR) is 300 cm³/mol. The third kappa shape index (κ3) is 5.35. The van der Waals surface area contributed by atoms with Crippen LogP contribution in [0.25, 0.3) is 69.9 Å². The number of nitrogens with zero attached hydrogens (tertiary/aromatic N) is 2. The van der Waals surface area contributed by atoms with Crippen LogP contribution in [0.3, 0.4) is 0 Å². The van der Waals surface area contributed by atoms with Gasteiger partial charge in [-0.05, 0) is 168 Å². The summed E-state index contributed by atoms with van der Waals surface area (Å²) in [5.41, 5.74) is 25.7. The van der Waals surface area contributed by atoms with Crippen molar-refractivity contribution in [1.29, 1.82) is 0 Å². The zero-order chi connectivity index (χ0) is 47.9. The predicted octanol–water partition coefficient (Wildman–Crippen LogP) is 16.7. The Morgan fingerprint density at radius 1 is 0.522 bits per heavy atom. The maximum Gasteiger partial charge on any atom is 0.333 e. The molecule has 9 aromatic rings. The van der Waals surface area contributed by atoms with Gasteiger partial charge < -0.3 is 9.38 Å². The fraction of sp³-hybridized carbons (Fsp3) is 0.354. The highest BCUT2D eigenvalue weighted by atomic mass is 32.1. The number of rotatable bonds is 1. The minimum absolute atomic E-state index is 0.0409. The maximum absolute atomic E-state index is 2.82. The maximum atomic E-state index is 2.82. The molecule has 4 heteroatoms. The van der Waals surface area contributed by atoms with Gasteiger partial charge in [0.05, 0.1) is 11.0 Å². The van der Waals surface area contributed by atoms with Gasteiger partial charge in [0.2, 0.25) is 0 Å². The van der Waals surface area contributed by atoms with Gasteiger partial charge in [0, 0.05) is 59.0 Å². The first kappa shape index (κ1) is 42.3. The van der Waals surface area contributed by atoms with E-state index in [1.807, 2.05) is 11.3 Å². The largest absolute Gasteiger partial charge is 0.376 e. The Morgan fingerprint density at radius 2 is 1.13 bits per heavy atom. The van der Waals surface area contributed by atoms with Crippen molar-refractivity contribution >= 4 is 82.5 Å². The molecule has 344 valence electrons. The average Bonchev–Trinajstić information content (AvgIpc) is 3.92. The van der Waals surface area contributed by atoms with Gasteiger partial charge in [-0.25, -0.2) is 0 Å². The summed E-state index contributed by atoms with van der Waals surface area (Å²) in [7, 11) is 0. The van der Waals surface area contributed by atoms with E-state index in [0.29, 0.717) is 0 Å². The van der Waals surface area contributed by atoms with E-state index in [2.05, 4.69) is 209 Å². The van der Waals surface area contributed by atoms with Gasteiger partial charge >= 0.3 is 6.85 Å². The van der Waals surface area contributed by atoms with Gasteiger partial charge in [0.25, 0.3) is 0 Å². The number of hydrogen-bond acceptors (Lipinski definition) is 2. The van der Waals surface area contributed by atoms with Crippen LogP contribution in [-0.4, -0.2) is 11.4 Å². The molecule has 0 spiro atoms. The SMILES string of the molecule is CC(C)(C)c1ccc(N2B3c4cc5c(cc4-n4c6cc7c(cc6c6c8c(c(c3c64)-c3cc4c(cc32)C(C)(C)CCC4(C)C)C(C)(C)c2ccccc2-8)C(C)(C)CCC7(C)C)sc2ccccc25)cc1. The molecular formula is C65H65BN2S. The monoisotopic (exact) mass is 916 g/mol. The Labute approximate surface area is 413 Å². The Balaban J connectivity index is 1.25. The zero-order valence-electron chi connectivity index (χ0n) is 43.1. The molecule has 0 amide bonds. The molecule has 0 bridgehead atoms. The number of thiophene rings is 1. The van der Waals surface area contributed by atoms with Crippen LogP contribution in [0, 0.1) is 0 Å². The molecule has 0 saturated heterocycles. The van der Waals surface area contributed by atoms with Gasteiger partial charge in [0.1, 0.15) is 0 Å². The normalized spacial score (nSPS) is 19.4. The van der Waals surface area contributed by atoms with E-state index >= 15 is 0 Å². The van der Waals surface area contributed by atoms with Crippen LogP contribution in [0.5, 0.6) is 0 Å². The van der Waals surface area contributed by atoms with Crippen molar-refractivity contribution in [3.05, 3.63) is 148 Å². The van der Waals surface area contributed by atoms with Crippen molar-refractivity contribution in [2.24, 2.45) is 0 Å². The molecule has 0 N–H and O–H groups in total. The van der Waals surface area contributed by atoms with Crippen molar-refractivity contribution in [3.8, 4) is 27.9 Å². The van der Waals surface area contributed by atoms with Crippen molar-refractivity contribution < 1.29 is 0 Å². The summed E-state index contributed by atoms with van der Waals surface area (Å²) in [6.07, 6.45) is 4.72. The smallest absolute Gasteiger partial charge is 0.333 e. The zero-order valence-corrected chi connectivity index (χ0v) is 43.9. The lowest BCUT2D eigenvalue weighted by atomic mass is 9.43. The Bertz CT molecular complexity index is 3800. The molecule has 2 aromatic heterocycles. The quantitative estimate of drug-likeness (QED) is 0.149. The molecule has 69 heavy (non-hydrogen) atoms. The molecular weight excluding hydrogens is 852 g/mol. The third-order valence-corrected chi connectivity index (χ3v) is 19.9. The summed E-state index contributed by atoms with van der Waals surface area (Å²) < 4.78 is 5.50. The van der Waals surface area contributed by atoms with E-state index in [1.54, 1.807) is 0 Å². The van der Waals surface area contributed by atoms with Gasteiger partial charge in [0.15, 0.2) is 0 Å². The van der Waals surface area contributed by atoms with Crippen molar-refractivity contribution in [2.75, 3.05) is 4.81 Å². The molecule has 3 aliphatic carbocycles. The lowest BCUT2D eigenvalue weighted by Crippen LogP contribution is -2.61. The molecule has 0 unspecified atom stereocenters. The molecule has 0 radical (unpaired) electrons.